The molecule has 0 radical (unpaired) electrons. The molecule has 0 spiro atoms. The molecule has 7 heteroatoms. The lowest BCUT2D eigenvalue weighted by Gasteiger charge is -2.04. The largest absolute Gasteiger partial charge is 0.269 e. The minimum absolute atomic E-state index is 0.0257. The molecule has 0 fully saturated rings. The average molecular weight is 401 g/mol. The molecular weight excluding hydrogens is 390 g/mol. The quantitative estimate of drug-likeness (QED) is 0.797. The van der Waals surface area contributed by atoms with E-state index in [4.69, 9.17) is 11.6 Å². The van der Waals surface area contributed by atoms with Crippen molar-refractivity contribution < 1.29 is 13.2 Å². The number of rotatable bonds is 4. The molecule has 2 aromatic carbocycles. The summed E-state index contributed by atoms with van der Waals surface area (Å²) < 4.78 is 26.9. The smallest absolute Gasteiger partial charge is 0.264 e. The number of hydrogen-bond donors (Lipinski definition) is 1. The van der Waals surface area contributed by atoms with E-state index in [1.54, 1.807) is 12.1 Å². The zero-order valence-electron chi connectivity index (χ0n) is 11.2. The van der Waals surface area contributed by atoms with Crippen LogP contribution in [0.5, 0.6) is 0 Å². The van der Waals surface area contributed by atoms with Gasteiger partial charge in [0.1, 0.15) is 0 Å². The van der Waals surface area contributed by atoms with Crippen molar-refractivity contribution in [2.45, 2.75) is 4.90 Å². The summed E-state index contributed by atoms with van der Waals surface area (Å²) in [4.78, 5) is 11.7. The van der Waals surface area contributed by atoms with E-state index in [0.717, 1.165) is 16.1 Å². The lowest BCUT2D eigenvalue weighted by molar-refractivity contribution is -0.114. The summed E-state index contributed by atoms with van der Waals surface area (Å²) in [5, 5.41) is 0.417. The molecule has 0 aliphatic rings. The van der Waals surface area contributed by atoms with Crippen LogP contribution in [0.15, 0.2) is 64.0 Å². The molecule has 0 atom stereocenters. The number of nitrogens with one attached hydrogen (secondary N) is 1. The molecule has 0 bridgehead atoms. The van der Waals surface area contributed by atoms with E-state index in [-0.39, 0.29) is 4.90 Å². The Bertz CT molecular complexity index is 800. The fourth-order valence-electron chi connectivity index (χ4n) is 1.58. The third-order valence-electron chi connectivity index (χ3n) is 2.66. The van der Waals surface area contributed by atoms with Crippen molar-refractivity contribution in [1.82, 2.24) is 4.72 Å². The Labute approximate surface area is 142 Å². The van der Waals surface area contributed by atoms with Gasteiger partial charge < -0.3 is 0 Å². The summed E-state index contributed by atoms with van der Waals surface area (Å²) in [7, 11) is -3.90. The minimum Gasteiger partial charge on any atom is -0.269 e. The predicted octanol–water partition coefficient (Wildman–Crippen LogP) is 3.62. The van der Waals surface area contributed by atoms with Crippen LogP contribution in [0.2, 0.25) is 5.02 Å². The van der Waals surface area contributed by atoms with Gasteiger partial charge in [0.15, 0.2) is 0 Å². The zero-order valence-corrected chi connectivity index (χ0v) is 14.3. The summed E-state index contributed by atoms with van der Waals surface area (Å²) in [6, 6.07) is 12.8. The van der Waals surface area contributed by atoms with E-state index >= 15 is 0 Å². The molecule has 0 aliphatic carbocycles. The number of halogens is 2. The van der Waals surface area contributed by atoms with Crippen LogP contribution in [0.4, 0.5) is 0 Å². The van der Waals surface area contributed by atoms with E-state index in [2.05, 4.69) is 15.9 Å². The van der Waals surface area contributed by atoms with Crippen LogP contribution in [0.3, 0.4) is 0 Å². The lowest BCUT2D eigenvalue weighted by atomic mass is 10.2. The lowest BCUT2D eigenvalue weighted by Crippen LogP contribution is -2.28. The second-order valence-electron chi connectivity index (χ2n) is 4.31. The van der Waals surface area contributed by atoms with Crippen LogP contribution >= 0.6 is 27.5 Å². The van der Waals surface area contributed by atoms with Gasteiger partial charge >= 0.3 is 0 Å². The van der Waals surface area contributed by atoms with Gasteiger partial charge in [0.25, 0.3) is 15.9 Å². The fraction of sp³-hybridized carbons (Fsp3) is 0. The monoisotopic (exact) mass is 399 g/mol. The van der Waals surface area contributed by atoms with Crippen LogP contribution in [0, 0.1) is 0 Å². The van der Waals surface area contributed by atoms with Gasteiger partial charge in [-0.25, -0.2) is 13.1 Å². The second-order valence-corrected chi connectivity index (χ2v) is 7.34. The normalized spacial score (nSPS) is 11.5. The number of benzene rings is 2. The average Bonchev–Trinajstić information content (AvgIpc) is 2.46. The highest BCUT2D eigenvalue weighted by Crippen LogP contribution is 2.14. The molecule has 0 saturated carbocycles. The van der Waals surface area contributed by atoms with E-state index in [0.29, 0.717) is 5.02 Å². The summed E-state index contributed by atoms with van der Waals surface area (Å²) >= 11 is 9.00. The molecule has 0 saturated heterocycles. The first-order chi connectivity index (χ1) is 10.4. The molecular formula is C15H11BrClNO3S. The zero-order chi connectivity index (χ0) is 16.2. The Hall–Kier alpha value is -1.63. The third kappa shape index (κ3) is 4.69. The van der Waals surface area contributed by atoms with Crippen molar-refractivity contribution in [2.75, 3.05) is 0 Å². The molecule has 22 heavy (non-hydrogen) atoms. The van der Waals surface area contributed by atoms with Crippen LogP contribution in [0.25, 0.3) is 6.08 Å². The highest BCUT2D eigenvalue weighted by atomic mass is 79.9. The van der Waals surface area contributed by atoms with Gasteiger partial charge in [0.05, 0.1) is 4.90 Å². The topological polar surface area (TPSA) is 63.2 Å². The molecule has 0 unspecified atom stereocenters. The maximum absolute atomic E-state index is 12.0. The fourth-order valence-corrected chi connectivity index (χ4v) is 2.92. The summed E-state index contributed by atoms with van der Waals surface area (Å²) in [6.07, 6.45) is 2.69. The van der Waals surface area contributed by atoms with E-state index in [1.807, 2.05) is 16.9 Å². The summed E-state index contributed by atoms with van der Waals surface area (Å²) in [5.74, 6) is -0.724. The van der Waals surface area contributed by atoms with Crippen molar-refractivity contribution in [1.29, 1.82) is 0 Å². The van der Waals surface area contributed by atoms with Crippen molar-refractivity contribution >= 4 is 49.5 Å². The van der Waals surface area contributed by atoms with Gasteiger partial charge in [-0.15, -0.1) is 0 Å². The Morgan fingerprint density at radius 2 is 1.64 bits per heavy atom. The van der Waals surface area contributed by atoms with E-state index in [1.165, 1.54) is 30.3 Å². The maximum Gasteiger partial charge on any atom is 0.264 e. The number of carbonyl (C=O) groups is 1. The van der Waals surface area contributed by atoms with Gasteiger partial charge in [0.2, 0.25) is 0 Å². The Kier molecular flexibility index (Phi) is 5.39. The predicted molar refractivity (Wildman–Crippen MR) is 90.0 cm³/mol. The second kappa shape index (κ2) is 7.09. The molecule has 2 aromatic rings. The van der Waals surface area contributed by atoms with Crippen LogP contribution in [0.1, 0.15) is 5.56 Å². The highest BCUT2D eigenvalue weighted by Gasteiger charge is 2.15. The molecule has 114 valence electrons. The van der Waals surface area contributed by atoms with Crippen molar-refractivity contribution in [3.63, 3.8) is 0 Å². The van der Waals surface area contributed by atoms with Crippen LogP contribution in [-0.2, 0) is 14.8 Å². The Balaban J connectivity index is 2.07. The molecule has 2 rings (SSSR count). The first kappa shape index (κ1) is 16.7. The van der Waals surface area contributed by atoms with Crippen LogP contribution < -0.4 is 4.72 Å². The van der Waals surface area contributed by atoms with Gasteiger partial charge in [0, 0.05) is 15.6 Å². The molecule has 0 aromatic heterocycles. The van der Waals surface area contributed by atoms with Crippen LogP contribution in [-0.4, -0.2) is 14.3 Å². The van der Waals surface area contributed by atoms with Gasteiger partial charge in [-0.1, -0.05) is 39.7 Å². The van der Waals surface area contributed by atoms with E-state index < -0.39 is 15.9 Å². The summed E-state index contributed by atoms with van der Waals surface area (Å²) in [5.41, 5.74) is 0.780. The van der Waals surface area contributed by atoms with E-state index in [9.17, 15) is 13.2 Å². The van der Waals surface area contributed by atoms with Gasteiger partial charge in [-0.05, 0) is 48.0 Å². The Morgan fingerprint density at radius 3 is 2.23 bits per heavy atom. The Morgan fingerprint density at radius 1 is 1.05 bits per heavy atom. The number of hydrogen-bond acceptors (Lipinski definition) is 3. The molecule has 0 heterocycles. The molecule has 4 nitrogen and oxygen atoms in total. The number of sulfonamides is 1. The van der Waals surface area contributed by atoms with Crippen molar-refractivity contribution in [3.8, 4) is 0 Å². The van der Waals surface area contributed by atoms with Crippen molar-refractivity contribution in [2.24, 2.45) is 0 Å². The van der Waals surface area contributed by atoms with Gasteiger partial charge in [-0.3, -0.25) is 4.79 Å². The SMILES string of the molecule is O=C(/C=C/c1ccc(Br)cc1)NS(=O)(=O)c1ccc(Cl)cc1. The minimum atomic E-state index is -3.90. The molecule has 0 aliphatic heterocycles. The summed E-state index contributed by atoms with van der Waals surface area (Å²) in [6.45, 7) is 0. The number of amides is 1. The first-order valence-corrected chi connectivity index (χ1v) is 8.78. The van der Waals surface area contributed by atoms with Crippen molar-refractivity contribution in [3.05, 3.63) is 69.7 Å². The number of carbonyl (C=O) groups excluding carboxylic acids is 1. The third-order valence-corrected chi connectivity index (χ3v) is 4.80. The standard InChI is InChI=1S/C15H11BrClNO3S/c16-12-4-1-11(2-5-12)3-10-15(19)18-22(20,21)14-8-6-13(17)7-9-14/h1-10H,(H,18,19)/b10-3+. The first-order valence-electron chi connectivity index (χ1n) is 6.13. The molecule has 1 N–H and O–H groups in total. The van der Waals surface area contributed by atoms with Gasteiger partial charge in [-0.2, -0.15) is 0 Å². The maximum atomic E-state index is 12.0. The highest BCUT2D eigenvalue weighted by molar-refractivity contribution is 9.10. The molecule has 1 amide bonds.